The molecule has 9 heteroatoms. The number of rotatable bonds is 4. The number of anilines is 1. The van der Waals surface area contributed by atoms with Crippen LogP contribution in [0.1, 0.15) is 39.7 Å². The minimum Gasteiger partial charge on any atom is -0.390 e. The number of nitrogens with one attached hydrogen (secondary N) is 1. The van der Waals surface area contributed by atoms with Gasteiger partial charge in [0.1, 0.15) is 23.2 Å². The first-order valence-electron chi connectivity index (χ1n) is 9.84. The molecule has 1 saturated carbocycles. The molecule has 1 amide bonds. The summed E-state index contributed by atoms with van der Waals surface area (Å²) in [5, 5.41) is 27.4. The van der Waals surface area contributed by atoms with Crippen molar-refractivity contribution in [2.75, 3.05) is 31.2 Å². The van der Waals surface area contributed by atoms with E-state index in [1.807, 2.05) is 12.1 Å². The molecule has 2 aliphatic rings. The van der Waals surface area contributed by atoms with E-state index in [9.17, 15) is 15.0 Å². The topological polar surface area (TPSA) is 121 Å². The number of aryl methyl sites for hydroxylation is 2. The van der Waals surface area contributed by atoms with Gasteiger partial charge in [-0.3, -0.25) is 4.79 Å². The number of ether oxygens (including phenoxy) is 1. The van der Waals surface area contributed by atoms with Gasteiger partial charge in [-0.05, 0) is 31.9 Å². The average molecular weight is 402 g/mol. The summed E-state index contributed by atoms with van der Waals surface area (Å²) in [6.07, 6.45) is 0.110. The number of morpholine rings is 1. The van der Waals surface area contributed by atoms with Crippen LogP contribution in [0.2, 0.25) is 0 Å². The zero-order valence-electron chi connectivity index (χ0n) is 16.5. The van der Waals surface area contributed by atoms with Crippen LogP contribution in [0.15, 0.2) is 22.9 Å². The zero-order chi connectivity index (χ0) is 20.5. The lowest BCUT2D eigenvalue weighted by molar-refractivity contribution is 0.0294. The first kappa shape index (κ1) is 19.8. The Kier molecular flexibility index (Phi) is 5.53. The molecule has 0 radical (unpaired) electrons. The van der Waals surface area contributed by atoms with E-state index in [0.29, 0.717) is 36.7 Å². The Hall–Kier alpha value is -2.49. The van der Waals surface area contributed by atoms with E-state index in [-0.39, 0.29) is 11.8 Å². The first-order valence-corrected chi connectivity index (χ1v) is 9.84. The van der Waals surface area contributed by atoms with Crippen LogP contribution in [-0.4, -0.2) is 70.8 Å². The highest BCUT2D eigenvalue weighted by atomic mass is 16.5. The van der Waals surface area contributed by atoms with Crippen molar-refractivity contribution in [1.82, 2.24) is 15.5 Å². The molecule has 0 bridgehead atoms. The third-order valence-corrected chi connectivity index (χ3v) is 5.78. The maximum absolute atomic E-state index is 12.8. The van der Waals surface area contributed by atoms with Gasteiger partial charge in [0.15, 0.2) is 0 Å². The van der Waals surface area contributed by atoms with E-state index in [0.717, 1.165) is 24.5 Å². The molecular formula is C20H26N4O5. The molecule has 0 spiro atoms. The molecule has 1 saturated heterocycles. The van der Waals surface area contributed by atoms with E-state index in [4.69, 9.17) is 9.26 Å². The van der Waals surface area contributed by atoms with Gasteiger partial charge >= 0.3 is 0 Å². The van der Waals surface area contributed by atoms with Crippen LogP contribution in [0.25, 0.3) is 0 Å². The number of aliphatic hydroxyl groups is 2. The number of aliphatic hydroxyl groups excluding tert-OH is 2. The molecule has 2 aromatic heterocycles. The highest BCUT2D eigenvalue weighted by molar-refractivity contribution is 5.96. The van der Waals surface area contributed by atoms with Gasteiger partial charge in [0.2, 0.25) is 0 Å². The van der Waals surface area contributed by atoms with Gasteiger partial charge in [0.25, 0.3) is 5.91 Å². The Morgan fingerprint density at radius 1 is 1.24 bits per heavy atom. The SMILES string of the molecule is Cc1noc(C)c1C(=O)NC1C(c2ccc(N3CCOCC3)nc2)CC(O)C1O. The second-order valence-corrected chi connectivity index (χ2v) is 7.65. The van der Waals surface area contributed by atoms with Gasteiger partial charge in [-0.1, -0.05) is 11.2 Å². The van der Waals surface area contributed by atoms with Gasteiger partial charge in [0, 0.05) is 25.2 Å². The van der Waals surface area contributed by atoms with E-state index in [2.05, 4.69) is 20.4 Å². The predicted octanol–water partition coefficient (Wildman–Crippen LogP) is 0.531. The molecule has 1 aliphatic heterocycles. The maximum atomic E-state index is 12.8. The summed E-state index contributed by atoms with van der Waals surface area (Å²) in [4.78, 5) is 19.5. The summed E-state index contributed by atoms with van der Waals surface area (Å²) >= 11 is 0. The number of nitrogens with zero attached hydrogens (tertiary/aromatic N) is 3. The smallest absolute Gasteiger partial charge is 0.257 e. The Morgan fingerprint density at radius 3 is 2.62 bits per heavy atom. The molecule has 3 heterocycles. The number of hydrogen-bond donors (Lipinski definition) is 3. The Bertz CT molecular complexity index is 843. The normalized spacial score (nSPS) is 27.2. The fourth-order valence-electron chi connectivity index (χ4n) is 4.18. The Morgan fingerprint density at radius 2 is 2.00 bits per heavy atom. The van der Waals surface area contributed by atoms with Crippen molar-refractivity contribution in [2.24, 2.45) is 0 Å². The van der Waals surface area contributed by atoms with Gasteiger partial charge in [-0.2, -0.15) is 0 Å². The number of carbonyl (C=O) groups excluding carboxylic acids is 1. The van der Waals surface area contributed by atoms with Crippen molar-refractivity contribution in [2.45, 2.75) is 44.4 Å². The van der Waals surface area contributed by atoms with Crippen molar-refractivity contribution in [1.29, 1.82) is 0 Å². The van der Waals surface area contributed by atoms with Crippen LogP contribution in [0, 0.1) is 13.8 Å². The van der Waals surface area contributed by atoms with Crippen molar-refractivity contribution in [3.8, 4) is 0 Å². The fourth-order valence-corrected chi connectivity index (χ4v) is 4.18. The average Bonchev–Trinajstić information content (AvgIpc) is 3.22. The van der Waals surface area contributed by atoms with Crippen LogP contribution < -0.4 is 10.2 Å². The lowest BCUT2D eigenvalue weighted by atomic mass is 9.94. The predicted molar refractivity (Wildman–Crippen MR) is 104 cm³/mol. The van der Waals surface area contributed by atoms with Crippen LogP contribution in [0.5, 0.6) is 0 Å². The summed E-state index contributed by atoms with van der Waals surface area (Å²) in [6, 6.07) is 3.25. The van der Waals surface area contributed by atoms with Crippen LogP contribution in [0.3, 0.4) is 0 Å². The molecule has 1 aliphatic carbocycles. The molecule has 3 N–H and O–H groups in total. The number of hydrogen-bond acceptors (Lipinski definition) is 8. The maximum Gasteiger partial charge on any atom is 0.257 e. The van der Waals surface area contributed by atoms with E-state index >= 15 is 0 Å². The first-order chi connectivity index (χ1) is 14.0. The van der Waals surface area contributed by atoms with Crippen molar-refractivity contribution >= 4 is 11.7 Å². The summed E-state index contributed by atoms with van der Waals surface area (Å²) in [5.74, 6) is 0.659. The third-order valence-electron chi connectivity index (χ3n) is 5.78. The third kappa shape index (κ3) is 3.85. The fraction of sp³-hybridized carbons (Fsp3) is 0.550. The second kappa shape index (κ2) is 8.10. The minimum atomic E-state index is -1.07. The molecule has 2 fully saturated rings. The molecule has 156 valence electrons. The summed E-state index contributed by atoms with van der Waals surface area (Å²) in [7, 11) is 0. The molecule has 2 aromatic rings. The lowest BCUT2D eigenvalue weighted by Gasteiger charge is -2.28. The minimum absolute atomic E-state index is 0.254. The van der Waals surface area contributed by atoms with E-state index < -0.39 is 18.2 Å². The number of carbonyl (C=O) groups is 1. The lowest BCUT2D eigenvalue weighted by Crippen LogP contribution is -2.45. The number of aromatic nitrogens is 2. The number of pyridine rings is 1. The van der Waals surface area contributed by atoms with E-state index in [1.165, 1.54) is 0 Å². The van der Waals surface area contributed by atoms with Gasteiger partial charge in [-0.25, -0.2) is 4.98 Å². The highest BCUT2D eigenvalue weighted by Gasteiger charge is 2.43. The zero-order valence-corrected chi connectivity index (χ0v) is 16.5. The van der Waals surface area contributed by atoms with Crippen molar-refractivity contribution in [3.05, 3.63) is 40.9 Å². The molecule has 9 nitrogen and oxygen atoms in total. The highest BCUT2D eigenvalue weighted by Crippen LogP contribution is 2.36. The summed E-state index contributed by atoms with van der Waals surface area (Å²) < 4.78 is 10.4. The van der Waals surface area contributed by atoms with Gasteiger partial charge in [-0.15, -0.1) is 0 Å². The largest absolute Gasteiger partial charge is 0.390 e. The molecule has 4 unspecified atom stereocenters. The molecule has 29 heavy (non-hydrogen) atoms. The van der Waals surface area contributed by atoms with Crippen molar-refractivity contribution in [3.63, 3.8) is 0 Å². The van der Waals surface area contributed by atoms with Crippen LogP contribution in [0.4, 0.5) is 5.82 Å². The summed E-state index contributed by atoms with van der Waals surface area (Å²) in [6.45, 7) is 6.31. The molecule has 0 aromatic carbocycles. The van der Waals surface area contributed by atoms with Crippen LogP contribution in [-0.2, 0) is 4.74 Å². The Labute approximate surface area is 168 Å². The molecular weight excluding hydrogens is 376 g/mol. The van der Waals surface area contributed by atoms with Crippen LogP contribution >= 0.6 is 0 Å². The molecule has 4 rings (SSSR count). The van der Waals surface area contributed by atoms with Gasteiger partial charge < -0.3 is 29.7 Å². The quantitative estimate of drug-likeness (QED) is 0.677. The summed E-state index contributed by atoms with van der Waals surface area (Å²) in [5.41, 5.74) is 1.71. The monoisotopic (exact) mass is 402 g/mol. The Balaban J connectivity index is 1.53. The molecule has 4 atom stereocenters. The second-order valence-electron chi connectivity index (χ2n) is 7.65. The van der Waals surface area contributed by atoms with Gasteiger partial charge in [0.05, 0.1) is 31.1 Å². The van der Waals surface area contributed by atoms with E-state index in [1.54, 1.807) is 20.0 Å². The standard InChI is InChI=1S/C20H26N4O5/c1-11-17(12(2)29-23-11)20(27)22-18-14(9-15(25)19(18)26)13-3-4-16(21-10-13)24-5-7-28-8-6-24/h3-4,10,14-15,18-19,25-26H,5-9H2,1-2H3,(H,22,27). The number of amides is 1. The van der Waals surface area contributed by atoms with Crippen molar-refractivity contribution < 1.29 is 24.3 Å².